The van der Waals surface area contributed by atoms with Gasteiger partial charge in [0.25, 0.3) is 0 Å². The number of carboxylic acid groups (broad SMARTS) is 1. The van der Waals surface area contributed by atoms with E-state index in [0.717, 1.165) is 23.8 Å². The third kappa shape index (κ3) is 8.57. The first-order chi connectivity index (χ1) is 20.4. The summed E-state index contributed by atoms with van der Waals surface area (Å²) in [7, 11) is 1.53. The van der Waals surface area contributed by atoms with Gasteiger partial charge in [0, 0.05) is 29.9 Å². The molecule has 2 aromatic heterocycles. The Labute approximate surface area is 248 Å². The first-order valence-electron chi connectivity index (χ1n) is 13.9. The number of nitrogens with zero attached hydrogens (tertiary/aromatic N) is 3. The number of hydrogen-bond donors (Lipinski definition) is 1. The number of amides is 1. The third-order valence-electron chi connectivity index (χ3n) is 6.78. The Morgan fingerprint density at radius 2 is 1.91 bits per heavy atom. The quantitative estimate of drug-likeness (QED) is 0.308. The van der Waals surface area contributed by atoms with E-state index in [1.807, 2.05) is 24.3 Å². The van der Waals surface area contributed by atoms with Gasteiger partial charge in [0.15, 0.2) is 0 Å². The molecule has 1 aliphatic heterocycles. The maximum Gasteiger partial charge on any atom is 0.410 e. The minimum Gasteiger partial charge on any atom is -0.481 e. The number of rotatable bonds is 9. The van der Waals surface area contributed by atoms with E-state index in [4.69, 9.17) is 14.2 Å². The third-order valence-corrected chi connectivity index (χ3v) is 6.78. The first-order valence-corrected chi connectivity index (χ1v) is 13.9. The molecule has 1 aliphatic rings. The average Bonchev–Trinajstić information content (AvgIpc) is 2.94. The van der Waals surface area contributed by atoms with Crippen molar-refractivity contribution >= 4 is 35.2 Å². The topological polar surface area (TPSA) is 111 Å². The van der Waals surface area contributed by atoms with E-state index < -0.39 is 47.5 Å². The van der Waals surface area contributed by atoms with Gasteiger partial charge in [-0.2, -0.15) is 0 Å². The van der Waals surface area contributed by atoms with Crippen LogP contribution in [-0.2, 0) is 14.3 Å². The Morgan fingerprint density at radius 3 is 2.63 bits per heavy atom. The van der Waals surface area contributed by atoms with Gasteiger partial charge in [-0.25, -0.2) is 18.6 Å². The maximum atomic E-state index is 14.2. The maximum absolute atomic E-state index is 14.2. The fourth-order valence-corrected chi connectivity index (χ4v) is 4.85. The van der Waals surface area contributed by atoms with Crippen LogP contribution in [0, 0.1) is 11.6 Å². The van der Waals surface area contributed by atoms with Crippen LogP contribution in [0.4, 0.5) is 13.6 Å². The Hall–Kier alpha value is -4.38. The number of benzene rings is 1. The number of carbonyl (C=O) groups excluding carboxylic acids is 1. The van der Waals surface area contributed by atoms with Crippen LogP contribution >= 0.6 is 0 Å². The summed E-state index contributed by atoms with van der Waals surface area (Å²) in [5.74, 6) is -1.85. The van der Waals surface area contributed by atoms with Gasteiger partial charge in [-0.05, 0) is 63.9 Å². The summed E-state index contributed by atoms with van der Waals surface area (Å²) in [6.45, 7) is 5.13. The van der Waals surface area contributed by atoms with E-state index in [-0.39, 0.29) is 18.5 Å². The number of ether oxygens (including phenoxy) is 3. The summed E-state index contributed by atoms with van der Waals surface area (Å²) >= 11 is 0. The van der Waals surface area contributed by atoms with Gasteiger partial charge in [-0.15, -0.1) is 0 Å². The van der Waals surface area contributed by atoms with Crippen molar-refractivity contribution in [2.24, 2.45) is 0 Å². The second-order valence-corrected chi connectivity index (χ2v) is 11.1. The molecule has 4 rings (SSSR count). The molecule has 0 spiro atoms. The van der Waals surface area contributed by atoms with Crippen molar-refractivity contribution in [2.75, 3.05) is 13.7 Å². The molecule has 3 atom stereocenters. The molecule has 0 radical (unpaired) electrons. The predicted octanol–water partition coefficient (Wildman–Crippen LogP) is 6.27. The molecule has 0 bridgehead atoms. The summed E-state index contributed by atoms with van der Waals surface area (Å²) in [4.78, 5) is 35.4. The highest BCUT2D eigenvalue weighted by Gasteiger charge is 2.39. The van der Waals surface area contributed by atoms with Gasteiger partial charge in [0.05, 0.1) is 42.8 Å². The van der Waals surface area contributed by atoms with Crippen LogP contribution in [0.1, 0.15) is 51.2 Å². The van der Waals surface area contributed by atoms with E-state index in [9.17, 15) is 23.5 Å². The zero-order valence-electron chi connectivity index (χ0n) is 24.5. The number of methoxy groups -OCH3 is 1. The van der Waals surface area contributed by atoms with Crippen LogP contribution in [0.3, 0.4) is 0 Å². The van der Waals surface area contributed by atoms with Crippen molar-refractivity contribution in [1.82, 2.24) is 14.9 Å². The molecule has 0 unspecified atom stereocenters. The van der Waals surface area contributed by atoms with Gasteiger partial charge >= 0.3 is 12.1 Å². The lowest BCUT2D eigenvalue weighted by molar-refractivity contribution is -0.145. The van der Waals surface area contributed by atoms with Gasteiger partial charge in [-0.1, -0.05) is 24.3 Å². The summed E-state index contributed by atoms with van der Waals surface area (Å²) in [5.41, 5.74) is 1.32. The van der Waals surface area contributed by atoms with E-state index in [2.05, 4.69) is 9.97 Å². The molecule has 43 heavy (non-hydrogen) atoms. The number of aliphatic carboxylic acids is 1. The van der Waals surface area contributed by atoms with Crippen molar-refractivity contribution in [3.8, 4) is 5.88 Å². The van der Waals surface area contributed by atoms with E-state index >= 15 is 0 Å². The molecule has 0 saturated carbocycles. The zero-order chi connectivity index (χ0) is 31.1. The molecule has 0 aliphatic carbocycles. The number of carbonyl (C=O) groups is 2. The van der Waals surface area contributed by atoms with Crippen LogP contribution in [0.5, 0.6) is 5.88 Å². The highest BCUT2D eigenvalue weighted by molar-refractivity contribution is 5.84. The van der Waals surface area contributed by atoms with Crippen molar-refractivity contribution in [3.05, 3.63) is 77.5 Å². The lowest BCUT2D eigenvalue weighted by atomic mass is 9.94. The average molecular weight is 596 g/mol. The highest BCUT2D eigenvalue weighted by atomic mass is 19.1. The van der Waals surface area contributed by atoms with Gasteiger partial charge in [-0.3, -0.25) is 14.7 Å². The Balaban J connectivity index is 1.57. The Morgan fingerprint density at radius 1 is 1.12 bits per heavy atom. The van der Waals surface area contributed by atoms with Gasteiger partial charge in [0.2, 0.25) is 5.88 Å². The van der Waals surface area contributed by atoms with Gasteiger partial charge in [0.1, 0.15) is 17.2 Å². The van der Waals surface area contributed by atoms with Crippen LogP contribution < -0.4 is 4.74 Å². The van der Waals surface area contributed by atoms with E-state index in [1.54, 1.807) is 33.0 Å². The van der Waals surface area contributed by atoms with E-state index in [0.29, 0.717) is 29.8 Å². The molecule has 1 N–H and O–H groups in total. The van der Waals surface area contributed by atoms with Crippen molar-refractivity contribution in [3.63, 3.8) is 0 Å². The summed E-state index contributed by atoms with van der Waals surface area (Å²) in [6, 6.07) is 7.79. The highest BCUT2D eigenvalue weighted by Crippen LogP contribution is 2.29. The number of halogens is 2. The molecule has 1 saturated heterocycles. The number of carboxylic acids is 1. The van der Waals surface area contributed by atoms with Crippen molar-refractivity contribution in [2.45, 2.75) is 63.9 Å². The second kappa shape index (κ2) is 13.7. The molecular formula is C32H35F2N3O6. The predicted molar refractivity (Wildman–Crippen MR) is 157 cm³/mol. The number of pyridine rings is 2. The van der Waals surface area contributed by atoms with Crippen LogP contribution in [0.25, 0.3) is 23.2 Å². The molecule has 1 fully saturated rings. The summed E-state index contributed by atoms with van der Waals surface area (Å²) in [5, 5.41) is 9.68. The largest absolute Gasteiger partial charge is 0.481 e. The molecule has 1 aromatic carbocycles. The number of aromatic nitrogens is 2. The Kier molecular flexibility index (Phi) is 10.1. The minimum absolute atomic E-state index is 0.0204. The minimum atomic E-state index is -1.09. The summed E-state index contributed by atoms with van der Waals surface area (Å²) in [6.07, 6.45) is 6.82. The van der Waals surface area contributed by atoms with Crippen molar-refractivity contribution in [1.29, 1.82) is 0 Å². The summed E-state index contributed by atoms with van der Waals surface area (Å²) < 4.78 is 44.9. The SMILES string of the molecule is COc1ccc2nccc(/C=C/[C@@H]3CC[C@@H](N(C/C=C/c4cc(F)ccc4F)C(=O)OC(C)(C)C)[C@@H](CC(=O)O)O3)c2n1. The van der Waals surface area contributed by atoms with E-state index in [1.165, 1.54) is 24.2 Å². The Bertz CT molecular complexity index is 1520. The fraction of sp³-hybridized carbons (Fsp3) is 0.375. The van der Waals surface area contributed by atoms with Crippen LogP contribution in [0.2, 0.25) is 0 Å². The first kappa shape index (κ1) is 31.6. The molecular weight excluding hydrogens is 560 g/mol. The van der Waals surface area contributed by atoms with Crippen LogP contribution in [-0.4, -0.2) is 69.5 Å². The van der Waals surface area contributed by atoms with Gasteiger partial charge < -0.3 is 19.3 Å². The molecule has 3 aromatic rings. The lowest BCUT2D eigenvalue weighted by Crippen LogP contribution is -2.53. The smallest absolute Gasteiger partial charge is 0.410 e. The molecule has 1 amide bonds. The molecule has 11 heteroatoms. The second-order valence-electron chi connectivity index (χ2n) is 11.1. The fourth-order valence-electron chi connectivity index (χ4n) is 4.85. The van der Waals surface area contributed by atoms with Crippen LogP contribution in [0.15, 0.2) is 54.7 Å². The monoisotopic (exact) mass is 595 g/mol. The lowest BCUT2D eigenvalue weighted by Gasteiger charge is -2.41. The zero-order valence-corrected chi connectivity index (χ0v) is 24.5. The molecule has 3 heterocycles. The standard InChI is InChI=1S/C32H35F2N3O6/c1-32(2,3)43-31(40)37(17-5-6-21-18-22(33)8-11-24(21)34)26-13-10-23(42-27(26)19-29(38)39)9-7-20-15-16-35-25-12-14-28(41-4)36-30(20)25/h5-9,11-12,14-16,18,23,26-27H,10,13,17,19H2,1-4H3,(H,38,39)/b6-5+,9-7+/t23-,26-,27-/m1/s1. The normalized spacial score (nSPS) is 19.2. The molecule has 228 valence electrons. The van der Waals surface area contributed by atoms with Crippen molar-refractivity contribution < 1.29 is 37.7 Å². The number of hydrogen-bond acceptors (Lipinski definition) is 7. The number of fused-ring (bicyclic) bond motifs is 1. The molecule has 9 nitrogen and oxygen atoms in total.